The first-order valence-corrected chi connectivity index (χ1v) is 20.7. The molecule has 2 aliphatic heterocycles. The molecule has 2 aliphatic rings. The minimum Gasteiger partial charge on any atom is -0.497 e. The molecule has 4 aromatic rings. The van der Waals surface area contributed by atoms with Crippen LogP contribution < -0.4 is 18.9 Å². The van der Waals surface area contributed by atoms with Crippen molar-refractivity contribution >= 4 is 36.6 Å². The lowest BCUT2D eigenvalue weighted by atomic mass is 10.0. The fourth-order valence-corrected chi connectivity index (χ4v) is 7.56. The van der Waals surface area contributed by atoms with Crippen molar-refractivity contribution in [2.75, 3.05) is 120 Å². The van der Waals surface area contributed by atoms with Crippen molar-refractivity contribution in [3.8, 4) is 45.3 Å². The maximum Gasteiger partial charge on any atom is 0.253 e. The number of piperazine rings is 2. The molecule has 0 atom stereocenters. The number of methoxy groups -OCH3 is 4. The highest BCUT2D eigenvalue weighted by Gasteiger charge is 2.25. The lowest BCUT2D eigenvalue weighted by Gasteiger charge is -2.37. The second-order valence-corrected chi connectivity index (χ2v) is 14.9. The van der Waals surface area contributed by atoms with E-state index >= 15 is 0 Å². The Morgan fingerprint density at radius 2 is 0.852 bits per heavy atom. The third kappa shape index (κ3) is 13.7. The van der Waals surface area contributed by atoms with Gasteiger partial charge >= 0.3 is 0 Å². The summed E-state index contributed by atoms with van der Waals surface area (Å²) in [6.45, 7) is 10.6. The van der Waals surface area contributed by atoms with Crippen LogP contribution in [0.25, 0.3) is 22.3 Å². The van der Waals surface area contributed by atoms with Crippen LogP contribution in [0.3, 0.4) is 0 Å². The summed E-state index contributed by atoms with van der Waals surface area (Å²) in [6.07, 6.45) is 2.64. The second-order valence-electron chi connectivity index (χ2n) is 14.9. The van der Waals surface area contributed by atoms with E-state index in [-0.39, 0.29) is 36.6 Å². The summed E-state index contributed by atoms with van der Waals surface area (Å²) in [6, 6.07) is 27.1. The molecule has 2 amide bonds. The first-order chi connectivity index (χ1) is 28.9. The van der Waals surface area contributed by atoms with Crippen molar-refractivity contribution in [3.05, 3.63) is 96.1 Å². The molecule has 0 unspecified atom stereocenters. The summed E-state index contributed by atoms with van der Waals surface area (Å²) >= 11 is 0. The number of benzene rings is 4. The SMILES string of the molecule is COCCCOc1ccc(OC)cc1-c1ccc(C(=O)N2CCN(CCCN3CCN(C(=O)c4ccc(-c5cc(OC)ccc5OCCCOC)cc4)CC3)CC2)cc1.Cl.Cl. The van der Waals surface area contributed by atoms with Gasteiger partial charge in [0, 0.05) is 115 Å². The van der Waals surface area contributed by atoms with Crippen molar-refractivity contribution in [3.63, 3.8) is 0 Å². The zero-order valence-corrected chi connectivity index (χ0v) is 37.6. The van der Waals surface area contributed by atoms with Crippen LogP contribution in [0.15, 0.2) is 84.9 Å². The van der Waals surface area contributed by atoms with Gasteiger partial charge in [0.1, 0.15) is 23.0 Å². The van der Waals surface area contributed by atoms with E-state index in [2.05, 4.69) is 9.80 Å². The molecule has 6 rings (SSSR count). The van der Waals surface area contributed by atoms with Gasteiger partial charge < -0.3 is 38.2 Å². The van der Waals surface area contributed by atoms with E-state index in [0.717, 1.165) is 104 Å². The van der Waals surface area contributed by atoms with Crippen LogP contribution in [0.2, 0.25) is 0 Å². The minimum absolute atomic E-state index is 0. The quantitative estimate of drug-likeness (QED) is 0.0840. The molecule has 12 nitrogen and oxygen atoms in total. The van der Waals surface area contributed by atoms with E-state index < -0.39 is 0 Å². The van der Waals surface area contributed by atoms with E-state index in [1.807, 2.05) is 94.7 Å². The highest BCUT2D eigenvalue weighted by Crippen LogP contribution is 2.35. The van der Waals surface area contributed by atoms with Crippen LogP contribution in [0, 0.1) is 0 Å². The number of amides is 2. The van der Waals surface area contributed by atoms with Crippen LogP contribution in [-0.2, 0) is 9.47 Å². The monoisotopic (exact) mass is 880 g/mol. The molecule has 0 aliphatic carbocycles. The molecule has 332 valence electrons. The number of halogens is 2. The Bertz CT molecular complexity index is 1800. The Kier molecular flexibility index (Phi) is 20.4. The molecule has 0 spiro atoms. The van der Waals surface area contributed by atoms with Crippen LogP contribution >= 0.6 is 24.8 Å². The Morgan fingerprint density at radius 1 is 0.475 bits per heavy atom. The van der Waals surface area contributed by atoms with Crippen molar-refractivity contribution in [2.45, 2.75) is 19.3 Å². The molecule has 14 heteroatoms. The van der Waals surface area contributed by atoms with E-state index in [0.29, 0.717) is 63.7 Å². The Morgan fingerprint density at radius 3 is 1.20 bits per heavy atom. The van der Waals surface area contributed by atoms with Crippen molar-refractivity contribution in [1.82, 2.24) is 19.6 Å². The van der Waals surface area contributed by atoms with Gasteiger partial charge in [0.25, 0.3) is 11.8 Å². The summed E-state index contributed by atoms with van der Waals surface area (Å²) in [4.78, 5) is 35.8. The maximum absolute atomic E-state index is 13.5. The van der Waals surface area contributed by atoms with Gasteiger partial charge in [-0.05, 0) is 91.3 Å². The van der Waals surface area contributed by atoms with E-state index in [9.17, 15) is 9.59 Å². The van der Waals surface area contributed by atoms with Gasteiger partial charge in [-0.2, -0.15) is 0 Å². The molecule has 61 heavy (non-hydrogen) atoms. The fraction of sp³-hybridized carbons (Fsp3) is 0.447. The maximum atomic E-state index is 13.5. The Balaban J connectivity index is 0.00000410. The topological polar surface area (TPSA) is 102 Å². The Labute approximate surface area is 373 Å². The highest BCUT2D eigenvalue weighted by atomic mass is 35.5. The summed E-state index contributed by atoms with van der Waals surface area (Å²) in [7, 11) is 6.67. The average molecular weight is 882 g/mol. The molecule has 2 saturated heterocycles. The summed E-state index contributed by atoms with van der Waals surface area (Å²) < 4.78 is 33.4. The third-order valence-corrected chi connectivity index (χ3v) is 11.0. The smallest absolute Gasteiger partial charge is 0.253 e. The van der Waals surface area contributed by atoms with Crippen LogP contribution in [0.1, 0.15) is 40.0 Å². The molecule has 2 fully saturated rings. The molecular weight excluding hydrogens is 819 g/mol. The minimum atomic E-state index is 0. The van der Waals surface area contributed by atoms with Crippen LogP contribution in [-0.4, -0.2) is 152 Å². The van der Waals surface area contributed by atoms with E-state index in [1.54, 1.807) is 28.4 Å². The molecule has 0 N–H and O–H groups in total. The molecule has 0 bridgehead atoms. The molecule has 0 radical (unpaired) electrons. The standard InChI is InChI=1S/C47H60N4O8.2ClH/c1-54-30-6-32-58-44-18-16-40(56-3)34-42(44)36-8-12-38(13-9-36)46(52)50-26-22-48(23-27-50)20-5-21-49-24-28-51(29-25-49)47(53)39-14-10-37(11-15-39)43-35-41(57-4)17-19-45(43)59-33-7-31-55-2;;/h8-19,34-35H,5-7,20-33H2,1-4H3;2*1H. The third-order valence-electron chi connectivity index (χ3n) is 11.0. The van der Waals surface area contributed by atoms with Crippen LogP contribution in [0.5, 0.6) is 23.0 Å². The number of rotatable bonds is 20. The highest BCUT2D eigenvalue weighted by molar-refractivity contribution is 5.95. The predicted octanol–water partition coefficient (Wildman–Crippen LogP) is 7.32. The predicted molar refractivity (Wildman–Crippen MR) is 245 cm³/mol. The van der Waals surface area contributed by atoms with Crippen molar-refractivity contribution in [1.29, 1.82) is 0 Å². The van der Waals surface area contributed by atoms with Crippen molar-refractivity contribution in [2.24, 2.45) is 0 Å². The van der Waals surface area contributed by atoms with Gasteiger partial charge in [-0.1, -0.05) is 24.3 Å². The number of nitrogens with zero attached hydrogens (tertiary/aromatic N) is 4. The lowest BCUT2D eigenvalue weighted by molar-refractivity contribution is 0.0606. The van der Waals surface area contributed by atoms with Crippen molar-refractivity contribution < 1.29 is 38.0 Å². The second kappa shape index (κ2) is 25.4. The summed E-state index contributed by atoms with van der Waals surface area (Å²) in [5.41, 5.74) is 5.14. The average Bonchev–Trinajstić information content (AvgIpc) is 3.29. The number of ether oxygens (including phenoxy) is 6. The van der Waals surface area contributed by atoms with E-state index in [4.69, 9.17) is 28.4 Å². The molecule has 0 saturated carbocycles. The molecular formula is C47H62Cl2N4O8. The fourth-order valence-electron chi connectivity index (χ4n) is 7.56. The molecule has 2 heterocycles. The van der Waals surface area contributed by atoms with Gasteiger partial charge in [-0.25, -0.2) is 0 Å². The number of hydrogen-bond donors (Lipinski definition) is 0. The zero-order valence-electron chi connectivity index (χ0n) is 36.0. The summed E-state index contributed by atoms with van der Waals surface area (Å²) in [5, 5.41) is 0. The number of hydrogen-bond acceptors (Lipinski definition) is 10. The number of carbonyl (C=O) groups is 2. The largest absolute Gasteiger partial charge is 0.497 e. The normalized spacial score (nSPS) is 14.4. The molecule has 4 aromatic carbocycles. The van der Waals surface area contributed by atoms with Gasteiger partial charge in [-0.15, -0.1) is 24.8 Å². The first-order valence-electron chi connectivity index (χ1n) is 20.7. The first kappa shape index (κ1) is 49.1. The van der Waals surface area contributed by atoms with Gasteiger partial charge in [-0.3, -0.25) is 19.4 Å². The van der Waals surface area contributed by atoms with Crippen LogP contribution in [0.4, 0.5) is 0 Å². The lowest BCUT2D eigenvalue weighted by Crippen LogP contribution is -2.50. The summed E-state index contributed by atoms with van der Waals surface area (Å²) in [5.74, 6) is 3.16. The zero-order chi connectivity index (χ0) is 41.4. The Hall–Kier alpha value is -4.56. The molecule has 0 aromatic heterocycles. The van der Waals surface area contributed by atoms with Gasteiger partial charge in [0.2, 0.25) is 0 Å². The van der Waals surface area contributed by atoms with Gasteiger partial charge in [0.15, 0.2) is 0 Å². The van der Waals surface area contributed by atoms with Gasteiger partial charge in [0.05, 0.1) is 27.4 Å². The number of carbonyl (C=O) groups excluding carboxylic acids is 2. The van der Waals surface area contributed by atoms with E-state index in [1.165, 1.54) is 0 Å².